The van der Waals surface area contributed by atoms with E-state index >= 15 is 0 Å². The zero-order chi connectivity index (χ0) is 22.8. The Kier molecular flexibility index (Phi) is 10.0. The molecule has 2 heterocycles. The maximum atomic E-state index is 5.70. The minimum Gasteiger partial charge on any atom is -0.384 e. The van der Waals surface area contributed by atoms with Crippen molar-refractivity contribution in [2.75, 3.05) is 47.0 Å². The molecule has 0 atom stereocenters. The van der Waals surface area contributed by atoms with Crippen LogP contribution in [0.3, 0.4) is 0 Å². The van der Waals surface area contributed by atoms with Gasteiger partial charge in [-0.15, -0.1) is 10.2 Å². The van der Waals surface area contributed by atoms with Gasteiger partial charge in [-0.2, -0.15) is 0 Å². The van der Waals surface area contributed by atoms with E-state index in [0.29, 0.717) is 35.0 Å². The molecule has 0 amide bonds. The molecule has 13 nitrogen and oxygen atoms in total. The van der Waals surface area contributed by atoms with Gasteiger partial charge in [0.05, 0.1) is 23.9 Å². The van der Waals surface area contributed by atoms with Crippen molar-refractivity contribution in [3.63, 3.8) is 0 Å². The van der Waals surface area contributed by atoms with Crippen LogP contribution in [0.4, 0.5) is 0 Å². The maximum Gasteiger partial charge on any atom is 0.215 e. The van der Waals surface area contributed by atoms with E-state index in [0.717, 1.165) is 18.1 Å². The molecule has 2 aromatic heterocycles. The van der Waals surface area contributed by atoms with Gasteiger partial charge in [0.1, 0.15) is 11.7 Å². The second kappa shape index (κ2) is 12.5. The SMILES string of the molecule is C=C(N)N=C(CSc1nnnn1CCN(C)C)N=C(C)Sc1nnnn1CCN(C)C. The largest absolute Gasteiger partial charge is 0.384 e. The quantitative estimate of drug-likeness (QED) is 0.269. The van der Waals surface area contributed by atoms with Crippen LogP contribution in [0.5, 0.6) is 0 Å². The van der Waals surface area contributed by atoms with Crippen molar-refractivity contribution in [3.8, 4) is 0 Å². The van der Waals surface area contributed by atoms with Gasteiger partial charge in [-0.25, -0.2) is 19.3 Å². The summed E-state index contributed by atoms with van der Waals surface area (Å²) in [7, 11) is 8.00. The van der Waals surface area contributed by atoms with E-state index < -0.39 is 0 Å². The molecule has 170 valence electrons. The summed E-state index contributed by atoms with van der Waals surface area (Å²) in [5, 5.41) is 25.8. The molecule has 31 heavy (non-hydrogen) atoms. The van der Waals surface area contributed by atoms with Crippen LogP contribution in [-0.4, -0.2) is 108 Å². The van der Waals surface area contributed by atoms with Crippen LogP contribution < -0.4 is 5.73 Å². The van der Waals surface area contributed by atoms with Crippen molar-refractivity contribution in [2.24, 2.45) is 15.7 Å². The fourth-order valence-electron chi connectivity index (χ4n) is 2.16. The zero-order valence-corrected chi connectivity index (χ0v) is 20.1. The lowest BCUT2D eigenvalue weighted by molar-refractivity contribution is 0.361. The molecule has 0 fully saturated rings. The van der Waals surface area contributed by atoms with Crippen LogP contribution >= 0.6 is 23.5 Å². The monoisotopic (exact) mass is 467 g/mol. The van der Waals surface area contributed by atoms with Crippen molar-refractivity contribution in [1.29, 1.82) is 0 Å². The molecule has 2 aromatic rings. The first-order valence-corrected chi connectivity index (χ1v) is 11.2. The van der Waals surface area contributed by atoms with Crippen molar-refractivity contribution in [2.45, 2.75) is 30.3 Å². The number of tetrazole rings is 2. The van der Waals surface area contributed by atoms with Gasteiger partial charge in [-0.05, 0) is 67.7 Å². The summed E-state index contributed by atoms with van der Waals surface area (Å²) >= 11 is 2.80. The third-order valence-corrected chi connectivity index (χ3v) is 5.46. The molecule has 0 aliphatic carbocycles. The summed E-state index contributed by atoms with van der Waals surface area (Å²) in [6.07, 6.45) is 0. The third-order valence-electron chi connectivity index (χ3n) is 3.64. The topological polar surface area (TPSA) is 144 Å². The number of aliphatic imine (C=N–C) groups is 2. The van der Waals surface area contributed by atoms with Crippen LogP contribution in [0.2, 0.25) is 0 Å². The van der Waals surface area contributed by atoms with E-state index in [4.69, 9.17) is 5.73 Å². The predicted molar refractivity (Wildman–Crippen MR) is 123 cm³/mol. The fourth-order valence-corrected chi connectivity index (χ4v) is 3.64. The summed E-state index contributed by atoms with van der Waals surface area (Å²) in [5.41, 5.74) is 5.70. The maximum absolute atomic E-state index is 5.70. The van der Waals surface area contributed by atoms with Crippen molar-refractivity contribution in [1.82, 2.24) is 50.2 Å². The standard InChI is InChI=1S/C16H29N13S2/c1-12(17)18-14(11-30-15-20-22-24-28(15)9-7-26(3)4)19-13(2)31-16-21-23-25-29(16)10-8-27(5)6/h1,7-11,17H2,2-6H3. The molecule has 0 aliphatic rings. The lowest BCUT2D eigenvalue weighted by atomic mass is 10.6. The number of nitrogens with zero attached hydrogens (tertiary/aromatic N) is 12. The predicted octanol–water partition coefficient (Wildman–Crippen LogP) is -0.0860. The average molecular weight is 468 g/mol. The molecule has 0 saturated heterocycles. The number of hydrogen-bond acceptors (Lipinski definition) is 12. The van der Waals surface area contributed by atoms with Crippen LogP contribution in [0.1, 0.15) is 6.92 Å². The van der Waals surface area contributed by atoms with Crippen molar-refractivity contribution < 1.29 is 0 Å². The third kappa shape index (κ3) is 9.12. The van der Waals surface area contributed by atoms with E-state index in [-0.39, 0.29) is 5.82 Å². The lowest BCUT2D eigenvalue weighted by Crippen LogP contribution is -2.19. The molecule has 0 spiro atoms. The Hall–Kier alpha value is -2.36. The minimum absolute atomic E-state index is 0.181. The lowest BCUT2D eigenvalue weighted by Gasteiger charge is -2.10. The van der Waals surface area contributed by atoms with Gasteiger partial charge in [-0.3, -0.25) is 0 Å². The number of thioether (sulfide) groups is 2. The Bertz CT molecular complexity index is 899. The number of hydrogen-bond donors (Lipinski definition) is 1. The Labute approximate surface area is 190 Å². The smallest absolute Gasteiger partial charge is 0.215 e. The summed E-state index contributed by atoms with van der Waals surface area (Å²) in [4.78, 5) is 13.0. The highest BCUT2D eigenvalue weighted by Crippen LogP contribution is 2.18. The van der Waals surface area contributed by atoms with Crippen LogP contribution in [0.15, 0.2) is 32.7 Å². The molecule has 0 unspecified atom stereocenters. The Morgan fingerprint density at radius 1 is 0.968 bits per heavy atom. The van der Waals surface area contributed by atoms with E-state index in [1.54, 1.807) is 9.36 Å². The van der Waals surface area contributed by atoms with Gasteiger partial charge in [0.15, 0.2) is 0 Å². The molecule has 15 heteroatoms. The van der Waals surface area contributed by atoms with Crippen molar-refractivity contribution in [3.05, 3.63) is 12.4 Å². The number of aromatic nitrogens is 8. The van der Waals surface area contributed by atoms with E-state index in [1.165, 1.54) is 23.5 Å². The highest BCUT2D eigenvalue weighted by molar-refractivity contribution is 8.13. The van der Waals surface area contributed by atoms with Gasteiger partial charge in [0.2, 0.25) is 10.3 Å². The number of likely N-dealkylation sites (N-methyl/N-ethyl adjacent to an activating group) is 2. The molecule has 0 saturated carbocycles. The minimum atomic E-state index is 0.181. The number of nitrogens with two attached hydrogens (primary N) is 1. The summed E-state index contributed by atoms with van der Waals surface area (Å²) in [5.74, 6) is 1.12. The normalized spacial score (nSPS) is 12.9. The highest BCUT2D eigenvalue weighted by Gasteiger charge is 2.12. The molecule has 0 radical (unpaired) electrons. The number of rotatable bonds is 11. The van der Waals surface area contributed by atoms with Crippen LogP contribution in [0.25, 0.3) is 0 Å². The summed E-state index contributed by atoms with van der Waals surface area (Å²) in [6.45, 7) is 8.55. The highest BCUT2D eigenvalue weighted by atomic mass is 32.2. The van der Waals surface area contributed by atoms with Gasteiger partial charge < -0.3 is 15.5 Å². The van der Waals surface area contributed by atoms with Gasteiger partial charge in [-0.1, -0.05) is 18.3 Å². The Morgan fingerprint density at radius 2 is 1.52 bits per heavy atom. The second-order valence-corrected chi connectivity index (χ2v) is 9.12. The van der Waals surface area contributed by atoms with Crippen molar-refractivity contribution >= 4 is 34.4 Å². The molecular weight excluding hydrogens is 438 g/mol. The van der Waals surface area contributed by atoms with Gasteiger partial charge >= 0.3 is 0 Å². The van der Waals surface area contributed by atoms with Crippen LogP contribution in [0, 0.1) is 0 Å². The first-order chi connectivity index (χ1) is 14.7. The molecular formula is C16H29N13S2. The van der Waals surface area contributed by atoms with Gasteiger partial charge in [0.25, 0.3) is 0 Å². The van der Waals surface area contributed by atoms with E-state index in [9.17, 15) is 0 Å². The van der Waals surface area contributed by atoms with Gasteiger partial charge in [0, 0.05) is 13.1 Å². The fraction of sp³-hybridized carbons (Fsp3) is 0.625. The Morgan fingerprint density at radius 3 is 2.06 bits per heavy atom. The van der Waals surface area contributed by atoms with E-state index in [1.807, 2.05) is 35.1 Å². The first kappa shape index (κ1) is 24.9. The molecule has 0 aliphatic heterocycles. The molecule has 0 bridgehead atoms. The zero-order valence-electron chi connectivity index (χ0n) is 18.5. The van der Waals surface area contributed by atoms with E-state index in [2.05, 4.69) is 57.4 Å². The Balaban J connectivity index is 2.05. The summed E-state index contributed by atoms with van der Waals surface area (Å²) in [6, 6.07) is 0. The first-order valence-electron chi connectivity index (χ1n) is 9.44. The molecule has 2 rings (SSSR count). The second-order valence-electron chi connectivity index (χ2n) is 7.02. The summed E-state index contributed by atoms with van der Waals surface area (Å²) < 4.78 is 3.50. The number of amidine groups is 1. The average Bonchev–Trinajstić information content (AvgIpc) is 3.31. The molecule has 2 N–H and O–H groups in total. The van der Waals surface area contributed by atoms with Crippen LogP contribution in [-0.2, 0) is 13.1 Å². The molecule has 0 aromatic carbocycles.